The van der Waals surface area contributed by atoms with E-state index in [0.29, 0.717) is 5.92 Å². The molecule has 142 valence electrons. The summed E-state index contributed by atoms with van der Waals surface area (Å²) in [5, 5.41) is 4.11. The van der Waals surface area contributed by atoms with Crippen molar-refractivity contribution in [3.05, 3.63) is 83.6 Å². The number of para-hydroxylation sites is 1. The van der Waals surface area contributed by atoms with Crippen molar-refractivity contribution >= 4 is 22.5 Å². The van der Waals surface area contributed by atoms with Gasteiger partial charge in [0.1, 0.15) is 0 Å². The normalized spacial score (nSPS) is 14.8. The number of aryl methyl sites for hydroxylation is 1. The van der Waals surface area contributed by atoms with Gasteiger partial charge in [-0.1, -0.05) is 61.4 Å². The fourth-order valence-electron chi connectivity index (χ4n) is 4.15. The van der Waals surface area contributed by atoms with Gasteiger partial charge in [0.25, 0.3) is 5.91 Å². The van der Waals surface area contributed by atoms with Crippen LogP contribution in [0.3, 0.4) is 0 Å². The number of carbonyl (C=O) groups is 1. The molecule has 1 amide bonds. The van der Waals surface area contributed by atoms with Crippen LogP contribution in [0.15, 0.2) is 66.9 Å². The maximum Gasteiger partial charge on any atom is 0.256 e. The quantitative estimate of drug-likeness (QED) is 0.553. The lowest BCUT2D eigenvalue weighted by Gasteiger charge is -2.13. The number of fused-ring (bicyclic) bond motifs is 1. The smallest absolute Gasteiger partial charge is 0.256 e. The van der Waals surface area contributed by atoms with Crippen molar-refractivity contribution in [2.24, 2.45) is 5.92 Å². The number of hydrogen-bond donors (Lipinski definition) is 1. The van der Waals surface area contributed by atoms with Gasteiger partial charge >= 0.3 is 0 Å². The topological polar surface area (TPSA) is 42.0 Å². The molecule has 3 heteroatoms. The molecule has 0 spiro atoms. The van der Waals surface area contributed by atoms with E-state index in [1.807, 2.05) is 49.4 Å². The number of nitrogens with zero attached hydrogens (tertiary/aromatic N) is 1. The lowest BCUT2D eigenvalue weighted by Crippen LogP contribution is -2.16. The van der Waals surface area contributed by atoms with Gasteiger partial charge in [-0.2, -0.15) is 0 Å². The van der Waals surface area contributed by atoms with Crippen molar-refractivity contribution in [3.8, 4) is 0 Å². The maximum atomic E-state index is 13.2. The van der Waals surface area contributed by atoms with E-state index in [-0.39, 0.29) is 5.91 Å². The Morgan fingerprint density at radius 2 is 1.89 bits per heavy atom. The second-order valence-corrected chi connectivity index (χ2v) is 7.62. The molecule has 3 aromatic rings. The number of allylic oxidation sites excluding steroid dienone is 2. The highest BCUT2D eigenvalue weighted by molar-refractivity contribution is 6.09. The summed E-state index contributed by atoms with van der Waals surface area (Å²) < 4.78 is 0. The van der Waals surface area contributed by atoms with E-state index in [2.05, 4.69) is 28.5 Å². The van der Waals surface area contributed by atoms with Crippen LogP contribution in [-0.4, -0.2) is 10.9 Å². The molecule has 1 fully saturated rings. The van der Waals surface area contributed by atoms with E-state index in [0.717, 1.165) is 39.7 Å². The third-order valence-corrected chi connectivity index (χ3v) is 5.61. The first-order valence-corrected chi connectivity index (χ1v) is 10.1. The van der Waals surface area contributed by atoms with Crippen LogP contribution in [-0.2, 0) is 6.42 Å². The molecule has 1 aliphatic carbocycles. The van der Waals surface area contributed by atoms with Gasteiger partial charge in [0.15, 0.2) is 0 Å². The summed E-state index contributed by atoms with van der Waals surface area (Å²) in [5.74, 6) is 0.643. The van der Waals surface area contributed by atoms with Crippen LogP contribution in [0.5, 0.6) is 0 Å². The van der Waals surface area contributed by atoms with Crippen LogP contribution in [0.4, 0.5) is 5.69 Å². The molecule has 0 atom stereocenters. The number of pyridine rings is 1. The Balaban J connectivity index is 1.58. The Labute approximate surface area is 166 Å². The van der Waals surface area contributed by atoms with E-state index < -0.39 is 0 Å². The number of nitrogens with one attached hydrogen (secondary N) is 1. The van der Waals surface area contributed by atoms with Crippen molar-refractivity contribution < 1.29 is 4.79 Å². The van der Waals surface area contributed by atoms with Gasteiger partial charge in [-0.3, -0.25) is 9.78 Å². The van der Waals surface area contributed by atoms with Gasteiger partial charge in [-0.15, -0.1) is 0 Å². The zero-order chi connectivity index (χ0) is 19.3. The van der Waals surface area contributed by atoms with Gasteiger partial charge in [0.05, 0.1) is 11.2 Å². The van der Waals surface area contributed by atoms with E-state index in [1.165, 1.54) is 25.7 Å². The monoisotopic (exact) mass is 370 g/mol. The number of benzene rings is 2. The van der Waals surface area contributed by atoms with E-state index in [9.17, 15) is 4.79 Å². The van der Waals surface area contributed by atoms with E-state index >= 15 is 0 Å². The number of amides is 1. The molecule has 0 saturated heterocycles. The van der Waals surface area contributed by atoms with E-state index in [4.69, 9.17) is 0 Å². The summed E-state index contributed by atoms with van der Waals surface area (Å²) in [7, 11) is 0. The van der Waals surface area contributed by atoms with E-state index in [1.54, 1.807) is 6.20 Å². The van der Waals surface area contributed by atoms with Crippen LogP contribution in [0.2, 0.25) is 0 Å². The Bertz CT molecular complexity index is 1010. The number of rotatable bonds is 5. The number of hydrogen-bond acceptors (Lipinski definition) is 2. The van der Waals surface area contributed by atoms with Crippen molar-refractivity contribution in [1.82, 2.24) is 4.98 Å². The van der Waals surface area contributed by atoms with Crippen molar-refractivity contribution in [2.45, 2.75) is 39.0 Å². The molecule has 1 saturated carbocycles. The van der Waals surface area contributed by atoms with Crippen molar-refractivity contribution in [2.75, 3.05) is 5.32 Å². The number of carbonyl (C=O) groups excluding carboxylic acids is 1. The zero-order valence-corrected chi connectivity index (χ0v) is 16.3. The maximum absolute atomic E-state index is 13.2. The van der Waals surface area contributed by atoms with Gasteiger partial charge in [-0.25, -0.2) is 0 Å². The highest BCUT2D eigenvalue weighted by atomic mass is 16.1. The minimum Gasteiger partial charge on any atom is -0.320 e. The van der Waals surface area contributed by atoms with Gasteiger partial charge in [-0.05, 0) is 55.4 Å². The molecule has 28 heavy (non-hydrogen) atoms. The van der Waals surface area contributed by atoms with Crippen LogP contribution in [0, 0.1) is 12.8 Å². The summed E-state index contributed by atoms with van der Waals surface area (Å²) >= 11 is 0. The molecule has 3 nitrogen and oxygen atoms in total. The molecule has 1 aromatic heterocycles. The fourth-order valence-corrected chi connectivity index (χ4v) is 4.15. The summed E-state index contributed by atoms with van der Waals surface area (Å²) in [6.07, 6.45) is 12.4. The largest absolute Gasteiger partial charge is 0.320 e. The van der Waals surface area contributed by atoms with Crippen LogP contribution in [0.1, 0.15) is 47.2 Å². The first-order chi connectivity index (χ1) is 13.7. The zero-order valence-electron chi connectivity index (χ0n) is 16.3. The van der Waals surface area contributed by atoms with Gasteiger partial charge in [0, 0.05) is 17.1 Å². The summed E-state index contributed by atoms with van der Waals surface area (Å²) in [4.78, 5) is 17.6. The number of aromatic nitrogens is 1. The Morgan fingerprint density at radius 1 is 1.11 bits per heavy atom. The predicted octanol–water partition coefficient (Wildman–Crippen LogP) is 6.08. The third kappa shape index (κ3) is 3.99. The molecule has 1 aliphatic rings. The van der Waals surface area contributed by atoms with Crippen LogP contribution >= 0.6 is 0 Å². The minimum atomic E-state index is -0.0690. The average molecular weight is 370 g/mol. The molecule has 1 N–H and O–H groups in total. The predicted molar refractivity (Wildman–Crippen MR) is 116 cm³/mol. The lowest BCUT2D eigenvalue weighted by atomic mass is 9.97. The Kier molecular flexibility index (Phi) is 5.52. The molecule has 0 radical (unpaired) electrons. The van der Waals surface area contributed by atoms with Gasteiger partial charge < -0.3 is 5.32 Å². The third-order valence-electron chi connectivity index (χ3n) is 5.61. The van der Waals surface area contributed by atoms with Crippen LogP contribution < -0.4 is 5.32 Å². The SMILES string of the molecule is Cc1cccc(C/C=C/C2CCCC2)c1C(=O)Nc1cccc2cccnc12. The Morgan fingerprint density at radius 3 is 2.75 bits per heavy atom. The molecular weight excluding hydrogens is 344 g/mol. The molecule has 2 aromatic carbocycles. The molecular formula is C25H26N2O. The minimum absolute atomic E-state index is 0.0690. The van der Waals surface area contributed by atoms with Crippen LogP contribution in [0.25, 0.3) is 10.9 Å². The average Bonchev–Trinajstić information content (AvgIpc) is 3.22. The molecule has 4 rings (SSSR count). The molecule has 0 aliphatic heterocycles. The first-order valence-electron chi connectivity index (χ1n) is 10.1. The lowest BCUT2D eigenvalue weighted by molar-refractivity contribution is 0.102. The highest BCUT2D eigenvalue weighted by Gasteiger charge is 2.16. The van der Waals surface area contributed by atoms with Crippen molar-refractivity contribution in [3.63, 3.8) is 0 Å². The standard InChI is InChI=1S/C25H26N2O/c1-18-8-4-12-20(13-5-11-19-9-2-3-10-19)23(18)25(28)27-22-16-6-14-21-15-7-17-26-24(21)22/h4-8,11-12,14-17,19H,2-3,9-10,13H2,1H3,(H,27,28)/b11-5+. The second kappa shape index (κ2) is 8.39. The first kappa shape index (κ1) is 18.4. The van der Waals surface area contributed by atoms with Crippen molar-refractivity contribution in [1.29, 1.82) is 0 Å². The second-order valence-electron chi connectivity index (χ2n) is 7.62. The summed E-state index contributed by atoms with van der Waals surface area (Å²) in [5.41, 5.74) is 4.40. The number of anilines is 1. The highest BCUT2D eigenvalue weighted by Crippen LogP contribution is 2.26. The molecule has 0 unspecified atom stereocenters. The molecule has 0 bridgehead atoms. The summed E-state index contributed by atoms with van der Waals surface area (Å²) in [6, 6.07) is 15.9. The van der Waals surface area contributed by atoms with Gasteiger partial charge in [0.2, 0.25) is 0 Å². The molecule has 1 heterocycles. The fraction of sp³-hybridized carbons (Fsp3) is 0.280. The summed E-state index contributed by atoms with van der Waals surface area (Å²) in [6.45, 7) is 2.00. The Hall–Kier alpha value is -2.94.